The van der Waals surface area contributed by atoms with Crippen LogP contribution in [0.4, 0.5) is 0 Å². The van der Waals surface area contributed by atoms with Crippen molar-refractivity contribution in [3.05, 3.63) is 54.2 Å². The zero-order chi connectivity index (χ0) is 12.8. The van der Waals surface area contributed by atoms with Crippen LogP contribution in [0.3, 0.4) is 0 Å². The Morgan fingerprint density at radius 3 is 2.72 bits per heavy atom. The molecule has 0 fully saturated rings. The van der Waals surface area contributed by atoms with Crippen LogP contribution in [0.1, 0.15) is 18.2 Å². The summed E-state index contributed by atoms with van der Waals surface area (Å²) in [5.74, 6) is 0.732. The molecule has 0 atom stereocenters. The number of nitrogens with zero attached hydrogens (tertiary/aromatic N) is 1. The Morgan fingerprint density at radius 1 is 1.33 bits per heavy atom. The fourth-order valence-electron chi connectivity index (χ4n) is 1.65. The Kier molecular flexibility index (Phi) is 4.12. The van der Waals surface area contributed by atoms with E-state index in [1.54, 1.807) is 12.3 Å². The molecule has 4 heteroatoms. The highest BCUT2D eigenvalue weighted by Gasteiger charge is 2.09. The summed E-state index contributed by atoms with van der Waals surface area (Å²) >= 11 is 0. The molecule has 0 saturated heterocycles. The number of hydrogen-bond donors (Lipinski definition) is 1. The molecular formula is C14H17N2O2+. The number of rotatable bonds is 5. The second-order valence-electron chi connectivity index (χ2n) is 4.09. The van der Waals surface area contributed by atoms with Gasteiger partial charge in [0.15, 0.2) is 12.4 Å². The van der Waals surface area contributed by atoms with Crippen molar-refractivity contribution in [2.75, 3.05) is 0 Å². The van der Waals surface area contributed by atoms with Gasteiger partial charge in [0.1, 0.15) is 5.76 Å². The standard InChI is InChI=1S/C14H16N2O2/c1-2-12-5-7-16(8-6-12)11-14(17)15-10-13-4-3-9-18-13/h3-9H,2,10-11H2,1H3/p+1. The summed E-state index contributed by atoms with van der Waals surface area (Å²) in [6, 6.07) is 7.70. The first-order valence-corrected chi connectivity index (χ1v) is 6.05. The molecule has 4 nitrogen and oxygen atoms in total. The monoisotopic (exact) mass is 245 g/mol. The molecular weight excluding hydrogens is 228 g/mol. The van der Waals surface area contributed by atoms with Crippen molar-refractivity contribution < 1.29 is 13.8 Å². The lowest BCUT2D eigenvalue weighted by Crippen LogP contribution is -2.42. The van der Waals surface area contributed by atoms with Crippen LogP contribution in [0.2, 0.25) is 0 Å². The van der Waals surface area contributed by atoms with Gasteiger partial charge in [0, 0.05) is 12.1 Å². The number of carbonyl (C=O) groups is 1. The van der Waals surface area contributed by atoms with Gasteiger partial charge >= 0.3 is 0 Å². The fraction of sp³-hybridized carbons (Fsp3) is 0.286. The quantitative estimate of drug-likeness (QED) is 0.810. The van der Waals surface area contributed by atoms with Gasteiger partial charge in [-0.3, -0.25) is 4.79 Å². The Bertz CT molecular complexity index is 489. The number of amides is 1. The third-order valence-electron chi connectivity index (χ3n) is 2.73. The third kappa shape index (κ3) is 3.45. The highest BCUT2D eigenvalue weighted by molar-refractivity contribution is 5.74. The molecule has 0 saturated carbocycles. The number of hydrogen-bond acceptors (Lipinski definition) is 2. The lowest BCUT2D eigenvalue weighted by Gasteiger charge is -2.01. The molecule has 18 heavy (non-hydrogen) atoms. The normalized spacial score (nSPS) is 10.3. The highest BCUT2D eigenvalue weighted by Crippen LogP contribution is 1.98. The van der Waals surface area contributed by atoms with Crippen molar-refractivity contribution in [3.63, 3.8) is 0 Å². The predicted octanol–water partition coefficient (Wildman–Crippen LogP) is 1.45. The Labute approximate surface area is 106 Å². The summed E-state index contributed by atoms with van der Waals surface area (Å²) in [6.07, 6.45) is 6.45. The van der Waals surface area contributed by atoms with E-state index in [2.05, 4.69) is 12.2 Å². The molecule has 0 bridgehead atoms. The first-order chi connectivity index (χ1) is 8.78. The summed E-state index contributed by atoms with van der Waals surface area (Å²) < 4.78 is 7.00. The van der Waals surface area contributed by atoms with E-state index in [9.17, 15) is 4.79 Å². The lowest BCUT2D eigenvalue weighted by atomic mass is 10.2. The Balaban J connectivity index is 1.83. The smallest absolute Gasteiger partial charge is 0.286 e. The van der Waals surface area contributed by atoms with Crippen LogP contribution in [0.5, 0.6) is 0 Å². The molecule has 0 aliphatic heterocycles. The van der Waals surface area contributed by atoms with E-state index in [4.69, 9.17) is 4.42 Å². The number of aromatic nitrogens is 1. The maximum absolute atomic E-state index is 11.7. The minimum absolute atomic E-state index is 0.0272. The van der Waals surface area contributed by atoms with Crippen molar-refractivity contribution in [2.45, 2.75) is 26.4 Å². The number of aryl methyl sites for hydroxylation is 1. The van der Waals surface area contributed by atoms with Gasteiger partial charge in [-0.2, -0.15) is 4.57 Å². The van der Waals surface area contributed by atoms with E-state index in [0.29, 0.717) is 13.1 Å². The van der Waals surface area contributed by atoms with Crippen molar-refractivity contribution in [3.8, 4) is 0 Å². The molecule has 2 aromatic heterocycles. The SMILES string of the molecule is CCc1cc[n+](CC(=O)NCc2ccco2)cc1. The number of furan rings is 1. The summed E-state index contributed by atoms with van der Waals surface area (Å²) in [7, 11) is 0. The molecule has 94 valence electrons. The van der Waals surface area contributed by atoms with Crippen LogP contribution in [-0.4, -0.2) is 5.91 Å². The van der Waals surface area contributed by atoms with Gasteiger partial charge in [0.25, 0.3) is 5.91 Å². The summed E-state index contributed by atoms with van der Waals surface area (Å²) in [5.41, 5.74) is 1.27. The summed E-state index contributed by atoms with van der Waals surface area (Å²) in [4.78, 5) is 11.7. The molecule has 2 heterocycles. The summed E-state index contributed by atoms with van der Waals surface area (Å²) in [5, 5.41) is 2.81. The van der Waals surface area contributed by atoms with Crippen molar-refractivity contribution in [2.24, 2.45) is 0 Å². The van der Waals surface area contributed by atoms with E-state index < -0.39 is 0 Å². The van der Waals surface area contributed by atoms with Crippen molar-refractivity contribution >= 4 is 5.91 Å². The van der Waals surface area contributed by atoms with E-state index in [-0.39, 0.29) is 5.91 Å². The first-order valence-electron chi connectivity index (χ1n) is 6.05. The molecule has 0 aliphatic carbocycles. The second kappa shape index (κ2) is 6.00. The number of pyridine rings is 1. The zero-order valence-electron chi connectivity index (χ0n) is 10.4. The molecule has 0 unspecified atom stereocenters. The van der Waals surface area contributed by atoms with E-state index in [1.807, 2.05) is 35.2 Å². The molecule has 2 rings (SSSR count). The minimum Gasteiger partial charge on any atom is -0.467 e. The van der Waals surface area contributed by atoms with E-state index >= 15 is 0 Å². The summed E-state index contributed by atoms with van der Waals surface area (Å²) in [6.45, 7) is 2.86. The average Bonchev–Trinajstić information content (AvgIpc) is 2.90. The fourth-order valence-corrected chi connectivity index (χ4v) is 1.65. The van der Waals surface area contributed by atoms with Gasteiger partial charge in [-0.15, -0.1) is 0 Å². The van der Waals surface area contributed by atoms with Gasteiger partial charge in [0.05, 0.1) is 12.8 Å². The van der Waals surface area contributed by atoms with Gasteiger partial charge < -0.3 is 9.73 Å². The van der Waals surface area contributed by atoms with Gasteiger partial charge in [-0.25, -0.2) is 0 Å². The maximum atomic E-state index is 11.7. The Morgan fingerprint density at radius 2 is 2.11 bits per heavy atom. The van der Waals surface area contributed by atoms with Crippen molar-refractivity contribution in [1.82, 2.24) is 5.32 Å². The molecule has 0 aromatic carbocycles. The third-order valence-corrected chi connectivity index (χ3v) is 2.73. The van der Waals surface area contributed by atoms with E-state index in [1.165, 1.54) is 5.56 Å². The molecule has 1 N–H and O–H groups in total. The molecule has 0 spiro atoms. The molecule has 2 aromatic rings. The molecule has 0 radical (unpaired) electrons. The van der Waals surface area contributed by atoms with Crippen LogP contribution in [0.15, 0.2) is 47.3 Å². The minimum atomic E-state index is -0.0272. The van der Waals surface area contributed by atoms with Crippen LogP contribution in [-0.2, 0) is 24.3 Å². The van der Waals surface area contributed by atoms with Gasteiger partial charge in [-0.05, 0) is 24.1 Å². The largest absolute Gasteiger partial charge is 0.467 e. The highest BCUT2D eigenvalue weighted by atomic mass is 16.3. The maximum Gasteiger partial charge on any atom is 0.286 e. The molecule has 1 amide bonds. The zero-order valence-corrected chi connectivity index (χ0v) is 10.4. The number of nitrogens with one attached hydrogen (secondary N) is 1. The first kappa shape index (κ1) is 12.4. The Hall–Kier alpha value is -2.10. The van der Waals surface area contributed by atoms with Crippen LogP contribution in [0.25, 0.3) is 0 Å². The van der Waals surface area contributed by atoms with Gasteiger partial charge in [0.2, 0.25) is 6.54 Å². The lowest BCUT2D eigenvalue weighted by molar-refractivity contribution is -0.684. The predicted molar refractivity (Wildman–Crippen MR) is 66.6 cm³/mol. The van der Waals surface area contributed by atoms with Crippen LogP contribution in [0, 0.1) is 0 Å². The topological polar surface area (TPSA) is 46.1 Å². The van der Waals surface area contributed by atoms with E-state index in [0.717, 1.165) is 12.2 Å². The number of carbonyl (C=O) groups excluding carboxylic acids is 1. The van der Waals surface area contributed by atoms with Crippen LogP contribution < -0.4 is 9.88 Å². The second-order valence-corrected chi connectivity index (χ2v) is 4.09. The average molecular weight is 245 g/mol. The van der Waals surface area contributed by atoms with Crippen LogP contribution >= 0.6 is 0 Å². The molecule has 0 aliphatic rings. The van der Waals surface area contributed by atoms with Crippen molar-refractivity contribution in [1.29, 1.82) is 0 Å². The van der Waals surface area contributed by atoms with Gasteiger partial charge in [-0.1, -0.05) is 6.92 Å².